The molecular weight excluding hydrogens is 550 g/mol. The number of fused-ring (bicyclic) bond motifs is 1. The Morgan fingerprint density at radius 1 is 0.773 bits per heavy atom. The molecule has 224 valence electrons. The highest BCUT2D eigenvalue weighted by Gasteiger charge is 2.32. The third-order valence-electron chi connectivity index (χ3n) is 8.71. The number of benzene rings is 4. The van der Waals surface area contributed by atoms with E-state index in [0.717, 1.165) is 28.7 Å². The number of rotatable bonds is 10. The fourth-order valence-corrected chi connectivity index (χ4v) is 5.74. The predicted octanol–water partition coefficient (Wildman–Crippen LogP) is 6.45. The molecule has 0 aromatic heterocycles. The minimum absolute atomic E-state index is 0.0130. The van der Waals surface area contributed by atoms with Gasteiger partial charge in [-0.05, 0) is 52.1 Å². The fourth-order valence-electron chi connectivity index (χ4n) is 5.74. The van der Waals surface area contributed by atoms with Crippen LogP contribution in [0.1, 0.15) is 69.7 Å². The first kappa shape index (κ1) is 30.5. The zero-order valence-electron chi connectivity index (χ0n) is 25.8. The molecule has 0 fully saturated rings. The molecule has 1 aliphatic heterocycles. The number of nitrogens with zero attached hydrogens (tertiary/aromatic N) is 3. The van der Waals surface area contributed by atoms with E-state index in [0.29, 0.717) is 18.7 Å². The number of aromatic nitrogens is 1. The van der Waals surface area contributed by atoms with Crippen LogP contribution in [-0.4, -0.2) is 4.57 Å². The number of anilines is 1. The van der Waals surface area contributed by atoms with Crippen molar-refractivity contribution < 1.29 is 0 Å². The molecule has 5 rings (SSSR count). The lowest BCUT2D eigenvalue weighted by atomic mass is 9.72. The fraction of sp³-hybridized carbons (Fsp3) is 0.278. The van der Waals surface area contributed by atoms with E-state index in [4.69, 9.17) is 5.41 Å². The largest absolute Gasteiger partial charge is 0.299 e. The SMILES string of the molecule is CCCCn1c(=O)c2cc(=N)/c(=N\Nc3cc(C(C)(C)c4ccccc4)cc(C(C)(C)c4ccccc4)c3N=O)cc-2c1=O. The van der Waals surface area contributed by atoms with E-state index >= 15 is 0 Å². The molecule has 1 aliphatic carbocycles. The summed E-state index contributed by atoms with van der Waals surface area (Å²) in [4.78, 5) is 38.5. The summed E-state index contributed by atoms with van der Waals surface area (Å²) in [5.74, 6) is 0. The molecule has 0 amide bonds. The van der Waals surface area contributed by atoms with Crippen LogP contribution in [0, 0.1) is 10.3 Å². The molecule has 8 nitrogen and oxygen atoms in total. The highest BCUT2D eigenvalue weighted by atomic mass is 16.3. The molecule has 3 aromatic carbocycles. The highest BCUT2D eigenvalue weighted by Crippen LogP contribution is 2.45. The lowest BCUT2D eigenvalue weighted by molar-refractivity contribution is 0.608. The second-order valence-corrected chi connectivity index (χ2v) is 12.2. The molecule has 44 heavy (non-hydrogen) atoms. The van der Waals surface area contributed by atoms with Crippen molar-refractivity contribution >= 4 is 11.4 Å². The van der Waals surface area contributed by atoms with Crippen LogP contribution in [0.4, 0.5) is 11.4 Å². The third-order valence-corrected chi connectivity index (χ3v) is 8.71. The number of nitrogens with one attached hydrogen (secondary N) is 2. The van der Waals surface area contributed by atoms with Gasteiger partial charge in [-0.1, -0.05) is 108 Å². The molecule has 8 heteroatoms. The summed E-state index contributed by atoms with van der Waals surface area (Å²) in [5, 5.41) is 16.7. The smallest absolute Gasteiger partial charge is 0.261 e. The standard InChI is InChI=1S/C36H37N5O3/c1-6-7-18-41-33(42)26-21-29(37)30(22-27(26)34(41)43)38-39-31-20-25(35(2,3)23-14-10-8-11-15-23)19-28(32(31)40-44)36(4,5)24-16-12-9-13-17-24/h8-17,19-22,37,39H,6-7,18H2,1-5H3/b37-29?,38-30-. The van der Waals surface area contributed by atoms with Gasteiger partial charge in [-0.15, -0.1) is 4.91 Å². The van der Waals surface area contributed by atoms with Gasteiger partial charge in [-0.3, -0.25) is 25.0 Å². The first-order chi connectivity index (χ1) is 21.0. The van der Waals surface area contributed by atoms with E-state index in [-0.39, 0.29) is 38.6 Å². The molecule has 0 saturated heterocycles. The van der Waals surface area contributed by atoms with E-state index in [2.05, 4.69) is 55.5 Å². The monoisotopic (exact) mass is 587 g/mol. The number of unbranched alkanes of at least 4 members (excludes halogenated alkanes) is 1. The van der Waals surface area contributed by atoms with Crippen molar-refractivity contribution in [2.24, 2.45) is 10.3 Å². The van der Waals surface area contributed by atoms with Crippen LogP contribution in [-0.2, 0) is 17.4 Å². The van der Waals surface area contributed by atoms with Crippen LogP contribution in [0.15, 0.2) is 105 Å². The molecule has 2 N–H and O–H groups in total. The minimum atomic E-state index is -0.591. The molecule has 0 radical (unpaired) electrons. The van der Waals surface area contributed by atoms with E-state index in [1.165, 1.54) is 16.7 Å². The normalized spacial score (nSPS) is 12.5. The zero-order chi connectivity index (χ0) is 31.6. The molecule has 0 spiro atoms. The van der Waals surface area contributed by atoms with Crippen LogP contribution in [0.5, 0.6) is 0 Å². The minimum Gasteiger partial charge on any atom is -0.299 e. The van der Waals surface area contributed by atoms with Gasteiger partial charge < -0.3 is 0 Å². The Bertz CT molecular complexity index is 2000. The molecule has 0 bridgehead atoms. The lowest BCUT2D eigenvalue weighted by Crippen LogP contribution is -2.27. The molecule has 3 aromatic rings. The lowest BCUT2D eigenvalue weighted by Gasteiger charge is -2.32. The second kappa shape index (κ2) is 12.0. The molecule has 1 heterocycles. The maximum absolute atomic E-state index is 13.1. The Balaban J connectivity index is 1.70. The van der Waals surface area contributed by atoms with Gasteiger partial charge >= 0.3 is 0 Å². The first-order valence-corrected chi connectivity index (χ1v) is 14.9. The number of hydrogen-bond acceptors (Lipinski definition) is 7. The summed E-state index contributed by atoms with van der Waals surface area (Å²) in [5.41, 5.74) is 6.02. The summed E-state index contributed by atoms with van der Waals surface area (Å²) in [6.45, 7) is 10.7. The van der Waals surface area contributed by atoms with Gasteiger partial charge in [0.15, 0.2) is 0 Å². The van der Waals surface area contributed by atoms with Gasteiger partial charge in [-0.25, -0.2) is 0 Å². The Hall–Kier alpha value is -4.98. The summed E-state index contributed by atoms with van der Waals surface area (Å²) < 4.78 is 1.23. The number of hydrogen-bond donors (Lipinski definition) is 2. The molecule has 0 unspecified atom stereocenters. The van der Waals surface area contributed by atoms with Crippen molar-refractivity contribution in [3.05, 3.63) is 144 Å². The van der Waals surface area contributed by atoms with Crippen molar-refractivity contribution in [3.8, 4) is 11.1 Å². The van der Waals surface area contributed by atoms with Gasteiger partial charge in [0.05, 0.1) is 22.2 Å². The van der Waals surface area contributed by atoms with E-state index < -0.39 is 10.8 Å². The van der Waals surface area contributed by atoms with Crippen molar-refractivity contribution in [1.29, 1.82) is 5.41 Å². The maximum atomic E-state index is 13.1. The van der Waals surface area contributed by atoms with Crippen molar-refractivity contribution in [3.63, 3.8) is 0 Å². The molecule has 2 aliphatic rings. The van der Waals surface area contributed by atoms with Crippen LogP contribution in [0.3, 0.4) is 0 Å². The average Bonchev–Trinajstić information content (AvgIpc) is 3.26. The van der Waals surface area contributed by atoms with Gasteiger partial charge in [0, 0.05) is 17.4 Å². The summed E-state index contributed by atoms with van der Waals surface area (Å²) in [7, 11) is 0. The van der Waals surface area contributed by atoms with Gasteiger partial charge in [0.2, 0.25) is 0 Å². The number of nitroso groups, excluding NO2 is 1. The van der Waals surface area contributed by atoms with Crippen molar-refractivity contribution in [2.45, 2.75) is 64.8 Å². The Morgan fingerprint density at radius 3 is 1.91 bits per heavy atom. The Morgan fingerprint density at radius 2 is 1.34 bits per heavy atom. The van der Waals surface area contributed by atoms with Crippen molar-refractivity contribution in [1.82, 2.24) is 4.57 Å². The first-order valence-electron chi connectivity index (χ1n) is 14.9. The van der Waals surface area contributed by atoms with Gasteiger partial charge in [0.25, 0.3) is 11.1 Å². The van der Waals surface area contributed by atoms with E-state index in [9.17, 15) is 14.5 Å². The second-order valence-electron chi connectivity index (χ2n) is 12.2. The average molecular weight is 588 g/mol. The topological polar surface area (TPSA) is 117 Å². The van der Waals surface area contributed by atoms with Crippen LogP contribution in [0.25, 0.3) is 11.1 Å². The summed E-state index contributed by atoms with van der Waals surface area (Å²) >= 11 is 0. The van der Waals surface area contributed by atoms with E-state index in [1.807, 2.05) is 67.6 Å². The Kier molecular flexibility index (Phi) is 8.28. The van der Waals surface area contributed by atoms with E-state index in [1.54, 1.807) is 0 Å². The summed E-state index contributed by atoms with van der Waals surface area (Å²) in [6, 6.07) is 26.8. The van der Waals surface area contributed by atoms with Crippen LogP contribution < -0.4 is 27.3 Å². The maximum Gasteiger partial charge on any atom is 0.261 e. The van der Waals surface area contributed by atoms with Gasteiger partial charge in [0.1, 0.15) is 11.0 Å². The third kappa shape index (κ3) is 5.43. The quantitative estimate of drug-likeness (QED) is 0.144. The molecule has 0 atom stereocenters. The molecular formula is C36H37N5O3. The Labute approximate surface area is 256 Å². The van der Waals surface area contributed by atoms with Gasteiger partial charge in [-0.2, -0.15) is 5.10 Å². The van der Waals surface area contributed by atoms with Crippen molar-refractivity contribution in [2.75, 3.05) is 5.43 Å². The zero-order valence-corrected chi connectivity index (χ0v) is 25.8. The highest BCUT2D eigenvalue weighted by molar-refractivity contribution is 5.74. The molecule has 0 saturated carbocycles. The predicted molar refractivity (Wildman–Crippen MR) is 175 cm³/mol. The summed E-state index contributed by atoms with van der Waals surface area (Å²) in [6.07, 6.45) is 1.55. The van der Waals surface area contributed by atoms with Crippen LogP contribution >= 0.6 is 0 Å². The van der Waals surface area contributed by atoms with Crippen LogP contribution in [0.2, 0.25) is 0 Å².